The minimum Gasteiger partial charge on any atom is -0.614 e. The van der Waals surface area contributed by atoms with Crippen molar-refractivity contribution in [1.29, 1.82) is 0 Å². The molecule has 0 atom stereocenters. The van der Waals surface area contributed by atoms with Gasteiger partial charge in [-0.15, -0.1) is 6.58 Å². The summed E-state index contributed by atoms with van der Waals surface area (Å²) in [5.74, 6) is 0.366. The molecule has 7 heavy (non-hydrogen) atoms. The first kappa shape index (κ1) is 8.96. The van der Waals surface area contributed by atoms with Gasteiger partial charge in [-0.1, -0.05) is 12.7 Å². The van der Waals surface area contributed by atoms with E-state index in [1.807, 2.05) is 0 Å². The van der Waals surface area contributed by atoms with Gasteiger partial charge in [0, 0.05) is 0 Å². The zero-order chi connectivity index (χ0) is 4.99. The van der Waals surface area contributed by atoms with Crippen LogP contribution in [-0.4, -0.2) is 6.47 Å². The second kappa shape index (κ2) is 4.21. The molecule has 0 unspecified atom stereocenters. The molecule has 0 aromatic rings. The van der Waals surface area contributed by atoms with Crippen LogP contribution in [0.5, 0.6) is 0 Å². The van der Waals surface area contributed by atoms with E-state index in [1.54, 1.807) is 6.92 Å². The van der Waals surface area contributed by atoms with E-state index in [9.17, 15) is 4.79 Å². The predicted octanol–water partition coefficient (Wildman–Crippen LogP) is 0.604. The number of ether oxygens (including phenoxy) is 1. The molecule has 0 aromatic carbocycles. The van der Waals surface area contributed by atoms with Crippen LogP contribution in [-0.2, 0) is 9.53 Å². The van der Waals surface area contributed by atoms with Gasteiger partial charge in [-0.3, -0.25) is 0 Å². The van der Waals surface area contributed by atoms with Gasteiger partial charge in [0.05, 0.1) is 0 Å². The first-order chi connectivity index (χ1) is 2.77. The van der Waals surface area contributed by atoms with Gasteiger partial charge in [0.2, 0.25) is 0 Å². The Morgan fingerprint density at radius 1 is 1.86 bits per heavy atom. The largest absolute Gasteiger partial charge is 0.614 e. The van der Waals surface area contributed by atoms with Gasteiger partial charge in [-0.05, 0) is 0 Å². The van der Waals surface area contributed by atoms with E-state index in [2.05, 4.69) is 11.3 Å². The number of hydrogen-bond donors (Lipinski definition) is 0. The minimum atomic E-state index is 0. The van der Waals surface area contributed by atoms with E-state index < -0.39 is 0 Å². The number of rotatable bonds is 2. The number of carbonyl (C=O) groups excluding carboxylic acids is 1. The summed E-state index contributed by atoms with van der Waals surface area (Å²) in [6, 6.07) is 0. The van der Waals surface area contributed by atoms with E-state index in [1.165, 1.54) is 6.47 Å². The van der Waals surface area contributed by atoms with E-state index in [-0.39, 0.29) is 0 Å². The van der Waals surface area contributed by atoms with Crippen molar-refractivity contribution in [2.24, 2.45) is 0 Å². The third-order valence-corrected chi connectivity index (χ3v) is 0.216. The van der Waals surface area contributed by atoms with Crippen LogP contribution < -0.4 is 0 Å². The van der Waals surface area contributed by atoms with Crippen LogP contribution in [0.25, 0.3) is 0 Å². The normalized spacial score (nSPS) is 5.86. The Hall–Kier alpha value is -1.79. The van der Waals surface area contributed by atoms with Crippen molar-refractivity contribution in [3.8, 4) is 0 Å². The van der Waals surface area contributed by atoms with Gasteiger partial charge in [0.25, 0.3) is 0 Å². The average Bonchev–Trinajstić information content (AvgIpc) is 1.35. The van der Waals surface area contributed by atoms with Crippen molar-refractivity contribution in [3.05, 3.63) is 12.3 Å². The summed E-state index contributed by atoms with van der Waals surface area (Å²) in [6.07, 6.45) is 0. The Morgan fingerprint density at radius 2 is 2.29 bits per heavy atom. The topological polar surface area (TPSA) is 26.3 Å². The molecule has 0 saturated heterocycles. The van der Waals surface area contributed by atoms with Crippen LogP contribution in [0.2, 0.25) is 0 Å². The van der Waals surface area contributed by atoms with Gasteiger partial charge >= 0.3 is 0 Å². The Kier molecular flexibility index (Phi) is 5.39. The van der Waals surface area contributed by atoms with Gasteiger partial charge in [0.15, 0.2) is 6.47 Å². The maximum Gasteiger partial charge on any atom is 0.169 e. The summed E-state index contributed by atoms with van der Waals surface area (Å²) in [6.45, 7) is 6.05. The fourth-order valence-electron chi connectivity index (χ4n) is 0.0711. The minimum absolute atomic E-state index is 0. The van der Waals surface area contributed by atoms with E-state index >= 15 is 0 Å². The molecule has 0 aliphatic carbocycles. The van der Waals surface area contributed by atoms with Crippen molar-refractivity contribution in [3.63, 3.8) is 0 Å². The molecular formula is C4H5O2Rf-. The molecule has 0 bridgehead atoms. The molecule has 3 heteroatoms. The molecule has 0 fully saturated rings. The zero-order valence-corrected chi connectivity index (χ0v) is 10.6. The fraction of sp³-hybridized carbons (Fsp3) is 0.250. The Morgan fingerprint density at radius 3 is 2.29 bits per heavy atom. The van der Waals surface area contributed by atoms with E-state index in [0.717, 1.165) is 0 Å². The Labute approximate surface area is 36.4 Å². The fourth-order valence-corrected chi connectivity index (χ4v) is 0.0711. The Bertz CT molecular complexity index is 70.1. The van der Waals surface area contributed by atoms with Gasteiger partial charge < -0.3 is 9.53 Å². The molecular weight excluding hydrogens is 347 g/mol. The maximum absolute atomic E-state index is 9.21. The van der Waals surface area contributed by atoms with Crippen LogP contribution in [0, 0.1) is 0 Å². The molecule has 36 valence electrons. The quantitative estimate of drug-likeness (QED) is 0.538. The van der Waals surface area contributed by atoms with Crippen molar-refractivity contribution in [2.75, 3.05) is 0 Å². The molecule has 0 heterocycles. The Balaban J connectivity index is 0. The molecule has 0 aliphatic heterocycles. The number of allylic oxidation sites excluding steroid dienone is 1. The second-order valence-electron chi connectivity index (χ2n) is 0.887. The summed E-state index contributed by atoms with van der Waals surface area (Å²) in [7, 11) is 0. The summed E-state index contributed by atoms with van der Waals surface area (Å²) in [4.78, 5) is 9.21. The molecule has 0 aliphatic rings. The van der Waals surface area contributed by atoms with Crippen molar-refractivity contribution < 1.29 is 9.53 Å². The smallest absolute Gasteiger partial charge is 0.169 e. The average molecular weight is 352 g/mol. The van der Waals surface area contributed by atoms with E-state index in [0.29, 0.717) is 5.76 Å². The first-order valence-corrected chi connectivity index (χ1v) is 1.47. The molecule has 0 saturated carbocycles. The summed E-state index contributed by atoms with van der Waals surface area (Å²) < 4.78 is 4.04. The second-order valence-corrected chi connectivity index (χ2v) is 0.887. The maximum atomic E-state index is 9.21. The molecule has 0 radical (unpaired) electrons. The van der Waals surface area contributed by atoms with Gasteiger partial charge in [0.1, 0.15) is 0 Å². The first-order valence-electron chi connectivity index (χ1n) is 1.47. The standard InChI is InChI=1S/C4H5O2.Rf/c1-4(2)6-3-5;/h1H2,2H3;/q-1;. The third kappa shape index (κ3) is 14.0. The monoisotopic (exact) mass is 352 g/mol. The molecule has 0 amide bonds. The zero-order valence-electron chi connectivity index (χ0n) is 4.23. The molecule has 0 rings (SSSR count). The SMILES string of the molecule is C=C(C)O[C-]=O.[Rf]. The predicted molar refractivity (Wildman–Crippen MR) is 21.6 cm³/mol. The van der Waals surface area contributed by atoms with Crippen LogP contribution in [0.4, 0.5) is 0 Å². The number of hydrogen-bond acceptors (Lipinski definition) is 2. The molecule has 0 N–H and O–H groups in total. The van der Waals surface area contributed by atoms with Crippen molar-refractivity contribution >= 4 is 6.47 Å². The molecule has 0 spiro atoms. The van der Waals surface area contributed by atoms with Crippen LogP contribution in [0.3, 0.4) is 0 Å². The van der Waals surface area contributed by atoms with Crippen LogP contribution >= 0.6 is 0 Å². The summed E-state index contributed by atoms with van der Waals surface area (Å²) in [5.41, 5.74) is 0. The third-order valence-electron chi connectivity index (χ3n) is 0.216. The summed E-state index contributed by atoms with van der Waals surface area (Å²) >= 11 is 0. The van der Waals surface area contributed by atoms with Crippen molar-refractivity contribution in [2.45, 2.75) is 6.92 Å². The van der Waals surface area contributed by atoms with Crippen LogP contribution in [0.15, 0.2) is 12.3 Å². The van der Waals surface area contributed by atoms with Gasteiger partial charge in [-0.2, -0.15) is 0 Å². The van der Waals surface area contributed by atoms with E-state index in [4.69, 9.17) is 0 Å². The van der Waals surface area contributed by atoms with Crippen LogP contribution in [0.1, 0.15) is 6.92 Å². The summed E-state index contributed by atoms with van der Waals surface area (Å²) in [5, 5.41) is 0. The van der Waals surface area contributed by atoms with Crippen molar-refractivity contribution in [1.82, 2.24) is 0 Å². The molecule has 0 aromatic heterocycles. The van der Waals surface area contributed by atoms with Gasteiger partial charge in [-0.25, -0.2) is 0 Å². The molecule has 2 nitrogen and oxygen atoms in total.